The monoisotopic (exact) mass is 503 g/mol. The van der Waals surface area contributed by atoms with Gasteiger partial charge in [0.1, 0.15) is 18.2 Å². The summed E-state index contributed by atoms with van der Waals surface area (Å²) < 4.78 is 20.8. The van der Waals surface area contributed by atoms with Crippen molar-refractivity contribution < 1.29 is 18.7 Å². The number of amides is 2. The largest absolute Gasteiger partial charge is 0.489 e. The van der Waals surface area contributed by atoms with Crippen molar-refractivity contribution in [2.45, 2.75) is 38.6 Å². The number of halogens is 1. The van der Waals surface area contributed by atoms with E-state index in [-0.39, 0.29) is 23.7 Å². The Labute approximate surface area is 214 Å². The van der Waals surface area contributed by atoms with Crippen LogP contribution < -0.4 is 15.4 Å². The highest BCUT2D eigenvalue weighted by atomic mass is 19.1. The number of nitrogens with one attached hydrogen (secondary N) is 3. The van der Waals surface area contributed by atoms with Gasteiger partial charge >= 0.3 is 0 Å². The van der Waals surface area contributed by atoms with Crippen LogP contribution >= 0.6 is 0 Å². The molecule has 1 aromatic carbocycles. The topological polar surface area (TPSA) is 99.3 Å². The van der Waals surface area contributed by atoms with E-state index < -0.39 is 0 Å². The highest BCUT2D eigenvalue weighted by molar-refractivity contribution is 6.06. The summed E-state index contributed by atoms with van der Waals surface area (Å²) in [5.74, 6) is -0.0703. The van der Waals surface area contributed by atoms with E-state index in [1.165, 1.54) is 12.1 Å². The minimum atomic E-state index is -0.300. The number of carbonyl (C=O) groups excluding carboxylic acids is 2. The Balaban J connectivity index is 1.53. The standard InChI is InChI=1S/C28H30FN5O3/c1-3-18-20(29)8-5-9-21(18)32-27-25-22(11-13-31-28(25)36)33-26(27)19-10-12-30-15-23(19)37-16-17-7-6-14-34(17)24(35)4-2/h4-5,8-10,12,15,17,32-33H,2-3,6-7,11,13-14,16H2,1H3,(H,31,36)/t17-/m1/s1. The molecule has 0 radical (unpaired) electrons. The maximum atomic E-state index is 14.6. The van der Waals surface area contributed by atoms with Crippen LogP contribution in [0.25, 0.3) is 11.3 Å². The van der Waals surface area contributed by atoms with Crippen molar-refractivity contribution in [3.05, 3.63) is 72.0 Å². The van der Waals surface area contributed by atoms with Gasteiger partial charge in [-0.05, 0) is 43.5 Å². The van der Waals surface area contributed by atoms with Crippen molar-refractivity contribution in [3.8, 4) is 17.0 Å². The Hall–Kier alpha value is -4.14. The van der Waals surface area contributed by atoms with Crippen molar-refractivity contribution in [1.29, 1.82) is 0 Å². The van der Waals surface area contributed by atoms with Crippen LogP contribution in [0.4, 0.5) is 15.8 Å². The Bertz CT molecular complexity index is 1350. The summed E-state index contributed by atoms with van der Waals surface area (Å²) in [4.78, 5) is 34.6. The molecule has 0 spiro atoms. The second kappa shape index (κ2) is 10.5. The lowest BCUT2D eigenvalue weighted by Gasteiger charge is -2.24. The van der Waals surface area contributed by atoms with Gasteiger partial charge in [0.25, 0.3) is 5.91 Å². The number of nitrogens with zero attached hydrogens (tertiary/aromatic N) is 2. The van der Waals surface area contributed by atoms with Crippen LogP contribution in [0.3, 0.4) is 0 Å². The summed E-state index contributed by atoms with van der Waals surface area (Å²) in [7, 11) is 0. The van der Waals surface area contributed by atoms with Crippen LogP contribution in [-0.2, 0) is 17.6 Å². The van der Waals surface area contributed by atoms with Crippen LogP contribution in [0.2, 0.25) is 0 Å². The quantitative estimate of drug-likeness (QED) is 0.397. The number of hydrogen-bond donors (Lipinski definition) is 3. The maximum absolute atomic E-state index is 14.6. The van der Waals surface area contributed by atoms with Crippen molar-refractivity contribution in [1.82, 2.24) is 20.2 Å². The third kappa shape index (κ3) is 4.69. The summed E-state index contributed by atoms with van der Waals surface area (Å²) in [5.41, 5.74) is 4.40. The first-order valence-corrected chi connectivity index (χ1v) is 12.6. The molecule has 2 aromatic heterocycles. The Kier molecular flexibility index (Phi) is 6.94. The summed E-state index contributed by atoms with van der Waals surface area (Å²) in [6.07, 6.45) is 7.51. The molecule has 1 saturated heterocycles. The van der Waals surface area contributed by atoms with E-state index in [1.54, 1.807) is 29.4 Å². The molecule has 8 nitrogen and oxygen atoms in total. The third-order valence-electron chi connectivity index (χ3n) is 7.02. The number of aromatic nitrogens is 2. The van der Waals surface area contributed by atoms with Crippen LogP contribution in [-0.4, -0.2) is 52.4 Å². The van der Waals surface area contributed by atoms with E-state index in [2.05, 4.69) is 27.2 Å². The van der Waals surface area contributed by atoms with Gasteiger partial charge in [-0.1, -0.05) is 19.6 Å². The molecule has 3 aromatic rings. The first-order valence-electron chi connectivity index (χ1n) is 12.6. The Morgan fingerprint density at radius 3 is 3.05 bits per heavy atom. The fraction of sp³-hybridized carbons (Fsp3) is 0.321. The molecule has 2 aliphatic rings. The molecule has 1 fully saturated rings. The fourth-order valence-electron chi connectivity index (χ4n) is 5.18. The van der Waals surface area contributed by atoms with Crippen molar-refractivity contribution >= 4 is 23.2 Å². The zero-order valence-electron chi connectivity index (χ0n) is 20.8. The van der Waals surface area contributed by atoms with Crippen LogP contribution in [0, 0.1) is 5.82 Å². The van der Waals surface area contributed by atoms with Gasteiger partial charge < -0.3 is 25.3 Å². The number of carbonyl (C=O) groups is 2. The van der Waals surface area contributed by atoms with Gasteiger partial charge in [-0.25, -0.2) is 4.39 Å². The number of H-pyrrole nitrogens is 1. The molecule has 5 rings (SSSR count). The fourth-order valence-corrected chi connectivity index (χ4v) is 5.18. The lowest BCUT2D eigenvalue weighted by molar-refractivity contribution is -0.127. The molecule has 0 bridgehead atoms. The molecule has 37 heavy (non-hydrogen) atoms. The zero-order valence-corrected chi connectivity index (χ0v) is 20.8. The zero-order chi connectivity index (χ0) is 25.9. The van der Waals surface area contributed by atoms with Crippen molar-refractivity contribution in [3.63, 3.8) is 0 Å². The minimum absolute atomic E-state index is 0.0572. The van der Waals surface area contributed by atoms with Crippen molar-refractivity contribution in [2.75, 3.05) is 25.0 Å². The molecule has 192 valence electrons. The molecular weight excluding hydrogens is 473 g/mol. The SMILES string of the molecule is C=CC(=O)N1CCC[C@@H]1COc1cnccc1-c1[nH]c2c(c1Nc1cccc(F)c1CC)C(=O)NCC2. The number of benzene rings is 1. The highest BCUT2D eigenvalue weighted by Crippen LogP contribution is 2.41. The third-order valence-corrected chi connectivity index (χ3v) is 7.02. The van der Waals surface area contributed by atoms with Gasteiger partial charge in [0.15, 0.2) is 0 Å². The van der Waals surface area contributed by atoms with E-state index in [0.717, 1.165) is 18.5 Å². The van der Waals surface area contributed by atoms with E-state index in [1.807, 2.05) is 13.0 Å². The summed E-state index contributed by atoms with van der Waals surface area (Å²) in [6.45, 7) is 7.01. The second-order valence-corrected chi connectivity index (χ2v) is 9.19. The van der Waals surface area contributed by atoms with Gasteiger partial charge in [-0.2, -0.15) is 0 Å². The van der Waals surface area contributed by atoms with Crippen LogP contribution in [0.15, 0.2) is 49.3 Å². The maximum Gasteiger partial charge on any atom is 0.255 e. The van der Waals surface area contributed by atoms with E-state index in [9.17, 15) is 14.0 Å². The molecule has 2 amide bonds. The summed E-state index contributed by atoms with van der Waals surface area (Å²) in [6, 6.07) is 6.65. The lowest BCUT2D eigenvalue weighted by atomic mass is 10.0. The first-order chi connectivity index (χ1) is 18.0. The molecule has 0 aliphatic carbocycles. The Morgan fingerprint density at radius 1 is 1.38 bits per heavy atom. The lowest BCUT2D eigenvalue weighted by Crippen LogP contribution is -2.38. The second-order valence-electron chi connectivity index (χ2n) is 9.19. The van der Waals surface area contributed by atoms with E-state index in [4.69, 9.17) is 4.74 Å². The minimum Gasteiger partial charge on any atom is -0.489 e. The molecule has 0 saturated carbocycles. The van der Waals surface area contributed by atoms with Crippen molar-refractivity contribution in [2.24, 2.45) is 0 Å². The smallest absolute Gasteiger partial charge is 0.255 e. The molecule has 1 atom stereocenters. The Morgan fingerprint density at radius 2 is 2.24 bits per heavy atom. The van der Waals surface area contributed by atoms with Gasteiger partial charge in [0, 0.05) is 48.2 Å². The predicted molar refractivity (Wildman–Crippen MR) is 140 cm³/mol. The van der Waals surface area contributed by atoms with E-state index in [0.29, 0.717) is 72.0 Å². The average molecular weight is 504 g/mol. The number of fused-ring (bicyclic) bond motifs is 1. The number of likely N-dealkylation sites (tertiary alicyclic amines) is 1. The number of anilines is 2. The molecule has 4 heterocycles. The molecule has 3 N–H and O–H groups in total. The highest BCUT2D eigenvalue weighted by Gasteiger charge is 2.30. The molecule has 9 heteroatoms. The number of hydrogen-bond acceptors (Lipinski definition) is 5. The average Bonchev–Trinajstić information content (AvgIpc) is 3.53. The normalized spacial score (nSPS) is 16.8. The number of aromatic amines is 1. The van der Waals surface area contributed by atoms with Crippen LogP contribution in [0.5, 0.6) is 5.75 Å². The summed E-state index contributed by atoms with van der Waals surface area (Å²) >= 11 is 0. The van der Waals surface area contributed by atoms with Crippen LogP contribution in [0.1, 0.15) is 41.4 Å². The summed E-state index contributed by atoms with van der Waals surface area (Å²) in [5, 5.41) is 6.26. The number of pyridine rings is 1. The van der Waals surface area contributed by atoms with Gasteiger partial charge in [0.2, 0.25) is 5.91 Å². The molecule has 0 unspecified atom stereocenters. The molecule has 2 aliphatic heterocycles. The number of rotatable bonds is 8. The van der Waals surface area contributed by atoms with Gasteiger partial charge in [0.05, 0.1) is 29.2 Å². The molecular formula is C28H30FN5O3. The number of ether oxygens (including phenoxy) is 1. The first kappa shape index (κ1) is 24.5. The van der Waals surface area contributed by atoms with Gasteiger partial charge in [-0.15, -0.1) is 0 Å². The van der Waals surface area contributed by atoms with Gasteiger partial charge in [-0.3, -0.25) is 14.6 Å². The van der Waals surface area contributed by atoms with E-state index >= 15 is 0 Å². The predicted octanol–water partition coefficient (Wildman–Crippen LogP) is 4.36.